The van der Waals surface area contributed by atoms with Gasteiger partial charge in [0.25, 0.3) is 5.91 Å². The number of rotatable bonds is 12. The van der Waals surface area contributed by atoms with Gasteiger partial charge in [0.05, 0.1) is 5.69 Å². The maximum absolute atomic E-state index is 14.1. The van der Waals surface area contributed by atoms with Gasteiger partial charge in [-0.25, -0.2) is 0 Å². The van der Waals surface area contributed by atoms with E-state index in [4.69, 9.17) is 23.2 Å². The lowest BCUT2D eigenvalue weighted by Crippen LogP contribution is -2.52. The molecule has 0 saturated carbocycles. The van der Waals surface area contributed by atoms with Crippen LogP contribution in [0.2, 0.25) is 10.0 Å². The van der Waals surface area contributed by atoms with Crippen molar-refractivity contribution in [3.63, 3.8) is 0 Å². The molecule has 0 unspecified atom stereocenters. The van der Waals surface area contributed by atoms with Gasteiger partial charge in [-0.15, -0.1) is 0 Å². The number of hydrogen-bond acceptors (Lipinski definition) is 3. The number of benzene rings is 4. The van der Waals surface area contributed by atoms with E-state index in [2.05, 4.69) is 5.32 Å². The van der Waals surface area contributed by atoms with Crippen LogP contribution in [-0.2, 0) is 22.6 Å². The van der Waals surface area contributed by atoms with Gasteiger partial charge in [0.2, 0.25) is 11.8 Å². The Hall–Kier alpha value is -3.87. The fourth-order valence-electron chi connectivity index (χ4n) is 5.56. The molecule has 4 aromatic carbocycles. The van der Waals surface area contributed by atoms with Crippen LogP contribution in [0.25, 0.3) is 10.8 Å². The first-order valence-electron chi connectivity index (χ1n) is 14.7. The summed E-state index contributed by atoms with van der Waals surface area (Å²) in [6.07, 6.45) is 1.70. The van der Waals surface area contributed by atoms with Gasteiger partial charge in [0.1, 0.15) is 6.04 Å². The molecule has 0 aromatic heterocycles. The molecule has 222 valence electrons. The normalized spacial score (nSPS) is 13.7. The Morgan fingerprint density at radius 3 is 2.42 bits per heavy atom. The van der Waals surface area contributed by atoms with E-state index in [1.54, 1.807) is 28.0 Å². The van der Waals surface area contributed by atoms with Crippen molar-refractivity contribution in [2.75, 3.05) is 11.4 Å². The number of anilines is 1. The SMILES string of the molecule is CC[C@@H](C)NC(=O)[C@H](Cc1ccccc1)N(Cc1ccc(Cl)cc1Cl)C(=O)CCCN1C(=O)c2cccc3cccc1c23. The van der Waals surface area contributed by atoms with Crippen LogP contribution in [0.15, 0.2) is 84.9 Å². The first-order chi connectivity index (χ1) is 20.8. The van der Waals surface area contributed by atoms with Gasteiger partial charge in [0, 0.05) is 53.0 Å². The molecular formula is C35H35Cl2N3O3. The zero-order valence-electron chi connectivity index (χ0n) is 24.4. The Morgan fingerprint density at radius 2 is 1.70 bits per heavy atom. The van der Waals surface area contributed by atoms with Crippen molar-refractivity contribution in [3.05, 3.63) is 112 Å². The lowest BCUT2D eigenvalue weighted by Gasteiger charge is -2.33. The molecule has 1 heterocycles. The van der Waals surface area contributed by atoms with Crippen LogP contribution in [0.3, 0.4) is 0 Å². The predicted molar refractivity (Wildman–Crippen MR) is 174 cm³/mol. The summed E-state index contributed by atoms with van der Waals surface area (Å²) in [5, 5.41) is 5.97. The van der Waals surface area contributed by atoms with Crippen molar-refractivity contribution in [1.29, 1.82) is 0 Å². The summed E-state index contributed by atoms with van der Waals surface area (Å²) in [7, 11) is 0. The van der Waals surface area contributed by atoms with Gasteiger partial charge < -0.3 is 15.1 Å². The molecule has 0 spiro atoms. The number of carbonyl (C=O) groups is 3. The van der Waals surface area contributed by atoms with Crippen LogP contribution >= 0.6 is 23.2 Å². The molecule has 3 amide bonds. The Bertz CT molecular complexity index is 1640. The van der Waals surface area contributed by atoms with E-state index in [0.717, 1.165) is 28.4 Å². The van der Waals surface area contributed by atoms with Crippen LogP contribution < -0.4 is 10.2 Å². The molecule has 2 atom stereocenters. The summed E-state index contributed by atoms with van der Waals surface area (Å²) in [5.41, 5.74) is 3.19. The minimum atomic E-state index is -0.762. The van der Waals surface area contributed by atoms with Crippen molar-refractivity contribution in [2.45, 2.75) is 58.2 Å². The third-order valence-electron chi connectivity index (χ3n) is 8.05. The lowest BCUT2D eigenvalue weighted by molar-refractivity contribution is -0.141. The molecule has 8 heteroatoms. The molecule has 1 aliphatic heterocycles. The van der Waals surface area contributed by atoms with Gasteiger partial charge in [-0.2, -0.15) is 0 Å². The predicted octanol–water partition coefficient (Wildman–Crippen LogP) is 7.44. The quantitative estimate of drug-likeness (QED) is 0.180. The third kappa shape index (κ3) is 6.87. The van der Waals surface area contributed by atoms with Gasteiger partial charge >= 0.3 is 0 Å². The van der Waals surface area contributed by atoms with E-state index >= 15 is 0 Å². The van der Waals surface area contributed by atoms with Crippen LogP contribution in [0.1, 0.15) is 54.6 Å². The number of halogens is 2. The van der Waals surface area contributed by atoms with E-state index in [0.29, 0.717) is 40.6 Å². The van der Waals surface area contributed by atoms with Crippen LogP contribution in [-0.4, -0.2) is 41.2 Å². The number of carbonyl (C=O) groups excluding carboxylic acids is 3. The van der Waals surface area contributed by atoms with Crippen LogP contribution in [0.4, 0.5) is 5.69 Å². The summed E-state index contributed by atoms with van der Waals surface area (Å²) in [4.78, 5) is 44.4. The maximum Gasteiger partial charge on any atom is 0.258 e. The molecule has 0 bridgehead atoms. The molecule has 0 radical (unpaired) electrons. The molecule has 1 aliphatic rings. The third-order valence-corrected chi connectivity index (χ3v) is 8.64. The molecule has 1 N–H and O–H groups in total. The highest BCUT2D eigenvalue weighted by atomic mass is 35.5. The van der Waals surface area contributed by atoms with Crippen molar-refractivity contribution in [1.82, 2.24) is 10.2 Å². The topological polar surface area (TPSA) is 69.7 Å². The van der Waals surface area contributed by atoms with Crippen molar-refractivity contribution in [3.8, 4) is 0 Å². The Morgan fingerprint density at radius 1 is 0.953 bits per heavy atom. The second-order valence-electron chi connectivity index (χ2n) is 11.0. The monoisotopic (exact) mass is 615 g/mol. The summed E-state index contributed by atoms with van der Waals surface area (Å²) >= 11 is 12.7. The summed E-state index contributed by atoms with van der Waals surface area (Å²) in [5.74, 6) is -0.457. The van der Waals surface area contributed by atoms with E-state index in [1.165, 1.54) is 0 Å². The largest absolute Gasteiger partial charge is 0.352 e. The number of hydrogen-bond donors (Lipinski definition) is 1. The molecule has 0 aliphatic carbocycles. The molecule has 0 saturated heterocycles. The minimum Gasteiger partial charge on any atom is -0.352 e. The van der Waals surface area contributed by atoms with Crippen LogP contribution in [0, 0.1) is 0 Å². The van der Waals surface area contributed by atoms with Crippen molar-refractivity contribution >= 4 is 57.4 Å². The molecule has 0 fully saturated rings. The second-order valence-corrected chi connectivity index (χ2v) is 11.9. The summed E-state index contributed by atoms with van der Waals surface area (Å²) in [6, 6.07) is 25.7. The standard InChI is InChI=1S/C35H35Cl2N3O3/c1-3-23(2)38-34(42)31(20-24-10-5-4-6-11-24)40(22-26-17-18-27(36)21-29(26)37)32(41)16-9-19-39-30-15-8-13-25-12-7-14-28(33(25)30)35(39)43/h4-8,10-15,17-18,21,23,31H,3,9,16,19-20,22H2,1-2H3,(H,38,42)/t23-,31+/m1/s1. The van der Waals surface area contributed by atoms with Gasteiger partial charge in [-0.3, -0.25) is 14.4 Å². The Labute approximate surface area is 262 Å². The highest BCUT2D eigenvalue weighted by Gasteiger charge is 2.33. The number of nitrogens with zero attached hydrogens (tertiary/aromatic N) is 2. The molecule has 5 rings (SSSR count). The highest BCUT2D eigenvalue weighted by Crippen LogP contribution is 2.37. The highest BCUT2D eigenvalue weighted by molar-refractivity contribution is 6.35. The van der Waals surface area contributed by atoms with Crippen LogP contribution in [0.5, 0.6) is 0 Å². The number of nitrogens with one attached hydrogen (secondary N) is 1. The Kier molecular flexibility index (Phi) is 9.69. The molecule has 6 nitrogen and oxygen atoms in total. The van der Waals surface area contributed by atoms with Gasteiger partial charge in [-0.1, -0.05) is 90.8 Å². The average molecular weight is 617 g/mol. The van der Waals surface area contributed by atoms with Crippen molar-refractivity contribution < 1.29 is 14.4 Å². The van der Waals surface area contributed by atoms with E-state index in [-0.39, 0.29) is 36.7 Å². The first kappa shape index (κ1) is 30.6. The molecule has 43 heavy (non-hydrogen) atoms. The van der Waals surface area contributed by atoms with Gasteiger partial charge in [-0.05, 0) is 60.5 Å². The van der Waals surface area contributed by atoms with Gasteiger partial charge in [0.15, 0.2) is 0 Å². The first-order valence-corrected chi connectivity index (χ1v) is 15.4. The minimum absolute atomic E-state index is 0.0487. The maximum atomic E-state index is 14.1. The van der Waals surface area contributed by atoms with E-state index in [1.807, 2.05) is 80.6 Å². The summed E-state index contributed by atoms with van der Waals surface area (Å²) in [6.45, 7) is 4.49. The molecular weight excluding hydrogens is 581 g/mol. The number of amides is 3. The fraction of sp³-hybridized carbons (Fsp3) is 0.286. The van der Waals surface area contributed by atoms with E-state index < -0.39 is 6.04 Å². The molecule has 4 aromatic rings. The lowest BCUT2D eigenvalue weighted by atomic mass is 10.0. The summed E-state index contributed by atoms with van der Waals surface area (Å²) < 4.78 is 0. The smallest absolute Gasteiger partial charge is 0.258 e. The average Bonchev–Trinajstić information content (AvgIpc) is 3.28. The van der Waals surface area contributed by atoms with E-state index in [9.17, 15) is 14.4 Å². The second kappa shape index (κ2) is 13.6. The Balaban J connectivity index is 1.40. The zero-order chi connectivity index (χ0) is 30.5. The fourth-order valence-corrected chi connectivity index (χ4v) is 6.03. The van der Waals surface area contributed by atoms with Crippen molar-refractivity contribution in [2.24, 2.45) is 0 Å². The zero-order valence-corrected chi connectivity index (χ0v) is 25.9.